The van der Waals surface area contributed by atoms with Crippen LogP contribution in [0.25, 0.3) is 0 Å². The first-order valence-electron chi connectivity index (χ1n) is 6.05. The monoisotopic (exact) mass is 320 g/mol. The molecule has 1 heterocycles. The molecule has 9 heteroatoms. The molecule has 0 aliphatic heterocycles. The third kappa shape index (κ3) is 5.82. The van der Waals surface area contributed by atoms with E-state index in [4.69, 9.17) is 9.47 Å². The van der Waals surface area contributed by atoms with Crippen molar-refractivity contribution in [1.29, 1.82) is 0 Å². The van der Waals surface area contributed by atoms with Gasteiger partial charge in [0, 0.05) is 14.0 Å². The van der Waals surface area contributed by atoms with E-state index in [0.29, 0.717) is 0 Å². The molecule has 0 bridgehead atoms. The number of rotatable bonds is 4. The zero-order valence-corrected chi connectivity index (χ0v) is 12.9. The van der Waals surface area contributed by atoms with Crippen molar-refractivity contribution in [3.05, 3.63) is 26.5 Å². The minimum absolute atomic E-state index is 0.141. The lowest BCUT2D eigenvalue weighted by molar-refractivity contribution is -0.109. The molecular formula is C12H17ClN2O6. The lowest BCUT2D eigenvalue weighted by Gasteiger charge is -2.09. The molecule has 0 saturated carbocycles. The Morgan fingerprint density at radius 1 is 1.24 bits per heavy atom. The smallest absolute Gasteiger partial charge is 0.359 e. The van der Waals surface area contributed by atoms with Gasteiger partial charge >= 0.3 is 11.7 Å². The van der Waals surface area contributed by atoms with E-state index in [1.807, 2.05) is 0 Å². The van der Waals surface area contributed by atoms with Crippen molar-refractivity contribution in [2.75, 3.05) is 13.2 Å². The van der Waals surface area contributed by atoms with Gasteiger partial charge in [0.25, 0.3) is 5.56 Å². The van der Waals surface area contributed by atoms with Gasteiger partial charge in [-0.05, 0) is 25.4 Å². The molecule has 0 saturated heterocycles. The van der Waals surface area contributed by atoms with Gasteiger partial charge in [0.15, 0.2) is 5.69 Å². The van der Waals surface area contributed by atoms with Crippen molar-refractivity contribution in [3.8, 4) is 5.75 Å². The first kappa shape index (κ1) is 18.9. The molecule has 1 aromatic rings. The average Bonchev–Trinajstić information content (AvgIpc) is 2.39. The molecule has 0 aliphatic rings. The van der Waals surface area contributed by atoms with Gasteiger partial charge in [-0.2, -0.15) is 0 Å². The van der Waals surface area contributed by atoms with Crippen LogP contribution in [0.4, 0.5) is 0 Å². The Hall–Kier alpha value is -2.09. The van der Waals surface area contributed by atoms with Crippen molar-refractivity contribution in [2.24, 2.45) is 7.05 Å². The first-order valence-corrected chi connectivity index (χ1v) is 6.43. The van der Waals surface area contributed by atoms with Crippen molar-refractivity contribution in [3.63, 3.8) is 0 Å². The van der Waals surface area contributed by atoms with E-state index in [9.17, 15) is 19.2 Å². The molecule has 0 amide bonds. The Labute approximate surface area is 125 Å². The number of H-pyrrole nitrogens is 1. The Kier molecular flexibility index (Phi) is 8.07. The quantitative estimate of drug-likeness (QED) is 0.636. The van der Waals surface area contributed by atoms with E-state index in [-0.39, 0.29) is 29.9 Å². The number of carbonyl (C=O) groups is 2. The summed E-state index contributed by atoms with van der Waals surface area (Å²) < 4.78 is 10.6. The number of ether oxygens (including phenoxy) is 2. The summed E-state index contributed by atoms with van der Waals surface area (Å²) in [5.41, 5.74) is -1.61. The second-order valence-corrected chi connectivity index (χ2v) is 4.15. The van der Waals surface area contributed by atoms with Crippen LogP contribution in [0.3, 0.4) is 0 Å². The van der Waals surface area contributed by atoms with Gasteiger partial charge in [-0.25, -0.2) is 9.59 Å². The first-order chi connectivity index (χ1) is 9.76. The molecule has 8 nitrogen and oxygen atoms in total. The molecule has 1 aromatic heterocycles. The molecule has 0 radical (unpaired) electrons. The van der Waals surface area contributed by atoms with Crippen LogP contribution >= 0.6 is 11.6 Å². The number of hydrogen-bond donors (Lipinski definition) is 1. The Morgan fingerprint density at radius 3 is 2.19 bits per heavy atom. The fraction of sp³-hybridized carbons (Fsp3) is 0.500. The number of halogens is 1. The van der Waals surface area contributed by atoms with Crippen LogP contribution in [0.15, 0.2) is 9.59 Å². The number of nitrogens with zero attached hydrogens (tertiary/aromatic N) is 1. The summed E-state index contributed by atoms with van der Waals surface area (Å²) in [4.78, 5) is 46.1. The Bertz CT molecular complexity index is 615. The summed E-state index contributed by atoms with van der Waals surface area (Å²) in [6, 6.07) is 0. The summed E-state index contributed by atoms with van der Waals surface area (Å²) in [5.74, 6) is -0.987. The number of aromatic nitrogens is 2. The fourth-order valence-electron chi connectivity index (χ4n) is 1.22. The van der Waals surface area contributed by atoms with Crippen LogP contribution in [-0.2, 0) is 16.6 Å². The summed E-state index contributed by atoms with van der Waals surface area (Å²) >= 11 is 4.64. The number of esters is 1. The van der Waals surface area contributed by atoms with E-state index >= 15 is 0 Å². The van der Waals surface area contributed by atoms with Gasteiger partial charge < -0.3 is 9.47 Å². The predicted octanol–water partition coefficient (Wildman–Crippen LogP) is 0.421. The fourth-order valence-corrected chi connectivity index (χ4v) is 1.22. The summed E-state index contributed by atoms with van der Waals surface area (Å²) in [6.45, 7) is 4.92. The van der Waals surface area contributed by atoms with Crippen LogP contribution < -0.4 is 16.0 Å². The topological polar surface area (TPSA) is 107 Å². The molecule has 0 unspecified atom stereocenters. The number of carbonyl (C=O) groups excluding carboxylic acids is 2. The SMILES string of the molecule is CC(=O)Cl.CCOC(=O)c1[nH]c(=O)n(C)c(=O)c1OCC. The number of nitrogens with one attached hydrogen (secondary N) is 1. The van der Waals surface area contributed by atoms with Gasteiger partial charge in [-0.1, -0.05) is 0 Å². The molecule has 0 atom stereocenters. The van der Waals surface area contributed by atoms with Gasteiger partial charge in [0.2, 0.25) is 11.0 Å². The maximum Gasteiger partial charge on any atom is 0.359 e. The molecule has 0 aromatic carbocycles. The lowest BCUT2D eigenvalue weighted by Crippen LogP contribution is -2.36. The normalized spacial score (nSPS) is 9.38. The highest BCUT2D eigenvalue weighted by atomic mass is 35.5. The second kappa shape index (κ2) is 8.96. The maximum atomic E-state index is 11.7. The molecular weight excluding hydrogens is 304 g/mol. The Balaban J connectivity index is 0.000000885. The minimum Gasteiger partial charge on any atom is -0.486 e. The molecule has 0 aliphatic carbocycles. The van der Waals surface area contributed by atoms with Crippen LogP contribution in [0.1, 0.15) is 31.3 Å². The van der Waals surface area contributed by atoms with E-state index in [2.05, 4.69) is 16.6 Å². The zero-order chi connectivity index (χ0) is 16.6. The van der Waals surface area contributed by atoms with Crippen LogP contribution in [0.5, 0.6) is 5.75 Å². The standard InChI is InChI=1S/C10H14N2O5.C2H3ClO/c1-4-16-7-6(9(14)17-5-2)11-10(15)12(3)8(7)13;1-2(3)4/h4-5H2,1-3H3,(H,11,15);1H3. The summed E-state index contributed by atoms with van der Waals surface area (Å²) in [7, 11) is 1.29. The van der Waals surface area contributed by atoms with Crippen molar-refractivity contribution in [1.82, 2.24) is 9.55 Å². The maximum absolute atomic E-state index is 11.7. The molecule has 118 valence electrons. The lowest BCUT2D eigenvalue weighted by atomic mass is 10.3. The summed E-state index contributed by atoms with van der Waals surface area (Å²) in [5, 5.41) is -0.361. The summed E-state index contributed by atoms with van der Waals surface area (Å²) in [6.07, 6.45) is 0. The molecule has 21 heavy (non-hydrogen) atoms. The Morgan fingerprint density at radius 2 is 1.76 bits per heavy atom. The zero-order valence-electron chi connectivity index (χ0n) is 12.2. The molecule has 0 spiro atoms. The van der Waals surface area contributed by atoms with Gasteiger partial charge in [-0.15, -0.1) is 0 Å². The van der Waals surface area contributed by atoms with Crippen molar-refractivity contribution >= 4 is 22.8 Å². The van der Waals surface area contributed by atoms with E-state index in [1.54, 1.807) is 13.8 Å². The molecule has 1 rings (SSSR count). The largest absolute Gasteiger partial charge is 0.486 e. The number of aromatic amines is 1. The van der Waals surface area contributed by atoms with E-state index in [1.165, 1.54) is 14.0 Å². The van der Waals surface area contributed by atoms with Gasteiger partial charge in [0.05, 0.1) is 13.2 Å². The third-order valence-electron chi connectivity index (χ3n) is 2.03. The highest BCUT2D eigenvalue weighted by molar-refractivity contribution is 6.62. The van der Waals surface area contributed by atoms with Crippen LogP contribution in [-0.4, -0.2) is 34.0 Å². The van der Waals surface area contributed by atoms with E-state index in [0.717, 1.165) is 4.57 Å². The highest BCUT2D eigenvalue weighted by Gasteiger charge is 2.20. The van der Waals surface area contributed by atoms with Crippen molar-refractivity contribution in [2.45, 2.75) is 20.8 Å². The van der Waals surface area contributed by atoms with E-state index < -0.39 is 17.2 Å². The average molecular weight is 321 g/mol. The number of hydrogen-bond acceptors (Lipinski definition) is 6. The second-order valence-electron chi connectivity index (χ2n) is 3.62. The third-order valence-corrected chi connectivity index (χ3v) is 2.03. The molecule has 1 N–H and O–H groups in total. The predicted molar refractivity (Wildman–Crippen MR) is 76.0 cm³/mol. The van der Waals surface area contributed by atoms with Gasteiger partial charge in [0.1, 0.15) is 0 Å². The van der Waals surface area contributed by atoms with Gasteiger partial charge in [-0.3, -0.25) is 19.1 Å². The van der Waals surface area contributed by atoms with Crippen molar-refractivity contribution < 1.29 is 19.1 Å². The van der Waals surface area contributed by atoms with Crippen LogP contribution in [0, 0.1) is 0 Å². The van der Waals surface area contributed by atoms with Crippen LogP contribution in [0.2, 0.25) is 0 Å². The highest BCUT2D eigenvalue weighted by Crippen LogP contribution is 2.09. The molecule has 0 fully saturated rings. The minimum atomic E-state index is -0.786.